The maximum Gasteiger partial charge on any atom is 0.00449 e. The van der Waals surface area contributed by atoms with Gasteiger partial charge in [-0.1, -0.05) is 19.1 Å². The van der Waals surface area contributed by atoms with Crippen LogP contribution in [-0.2, 0) is 0 Å². The van der Waals surface area contributed by atoms with Gasteiger partial charge in [0.2, 0.25) is 0 Å². The molecule has 8 heavy (non-hydrogen) atoms. The monoisotopic (exact) mass is 113 g/mol. The topological polar surface area (TPSA) is 26.0 Å². The Kier molecular flexibility index (Phi) is 4.67. The van der Waals surface area contributed by atoms with Crippen LogP contribution in [0.25, 0.3) is 0 Å². The van der Waals surface area contributed by atoms with Gasteiger partial charge in [-0.25, -0.2) is 0 Å². The van der Waals surface area contributed by atoms with Crippen LogP contribution in [0.1, 0.15) is 26.7 Å². The molecule has 2 N–H and O–H groups in total. The van der Waals surface area contributed by atoms with Gasteiger partial charge in [0, 0.05) is 6.04 Å². The lowest BCUT2D eigenvalue weighted by Crippen LogP contribution is -2.12. The van der Waals surface area contributed by atoms with Crippen LogP contribution < -0.4 is 5.73 Å². The Morgan fingerprint density at radius 1 is 1.50 bits per heavy atom. The number of hydrogen-bond acceptors (Lipinski definition) is 1. The lowest BCUT2D eigenvalue weighted by Gasteiger charge is -1.95. The summed E-state index contributed by atoms with van der Waals surface area (Å²) in [5, 5.41) is 0. The third kappa shape index (κ3) is 5.70. The molecule has 0 aliphatic rings. The molecule has 0 unspecified atom stereocenters. The van der Waals surface area contributed by atoms with Crippen molar-refractivity contribution in [1.29, 1.82) is 0 Å². The Bertz CT molecular complexity index is 64.8. The molecule has 48 valence electrons. The Balaban J connectivity index is 3.03. The first-order chi connectivity index (χ1) is 3.77. The van der Waals surface area contributed by atoms with Crippen molar-refractivity contribution < 1.29 is 0 Å². The summed E-state index contributed by atoms with van der Waals surface area (Å²) in [5.41, 5.74) is 5.48. The van der Waals surface area contributed by atoms with Crippen LogP contribution in [0.15, 0.2) is 12.2 Å². The van der Waals surface area contributed by atoms with Crippen molar-refractivity contribution in [1.82, 2.24) is 0 Å². The first kappa shape index (κ1) is 7.70. The van der Waals surface area contributed by atoms with Crippen molar-refractivity contribution in [2.24, 2.45) is 5.73 Å². The molecular formula is C7H15N. The van der Waals surface area contributed by atoms with E-state index in [0.717, 1.165) is 12.8 Å². The molecule has 0 fully saturated rings. The highest BCUT2D eigenvalue weighted by Crippen LogP contribution is 1.88. The quantitative estimate of drug-likeness (QED) is 0.554. The van der Waals surface area contributed by atoms with Crippen LogP contribution in [0.2, 0.25) is 0 Å². The molecule has 0 heterocycles. The van der Waals surface area contributed by atoms with Crippen molar-refractivity contribution >= 4 is 0 Å². The first-order valence-electron chi connectivity index (χ1n) is 3.18. The fraction of sp³-hybridized carbons (Fsp3) is 0.714. The van der Waals surface area contributed by atoms with Crippen molar-refractivity contribution in [2.45, 2.75) is 32.7 Å². The number of rotatable bonds is 3. The molecule has 0 saturated heterocycles. The zero-order valence-electron chi connectivity index (χ0n) is 5.72. The van der Waals surface area contributed by atoms with Gasteiger partial charge in [0.1, 0.15) is 0 Å². The summed E-state index contributed by atoms with van der Waals surface area (Å²) >= 11 is 0. The lowest BCUT2D eigenvalue weighted by molar-refractivity contribution is 0.755. The second-order valence-corrected chi connectivity index (χ2v) is 2.09. The molecule has 0 amide bonds. The molecule has 0 radical (unpaired) electrons. The van der Waals surface area contributed by atoms with Gasteiger partial charge in [-0.3, -0.25) is 0 Å². The Morgan fingerprint density at radius 2 is 2.12 bits per heavy atom. The number of nitrogens with two attached hydrogens (primary N) is 1. The van der Waals surface area contributed by atoms with E-state index in [9.17, 15) is 0 Å². The summed E-state index contributed by atoms with van der Waals surface area (Å²) in [6, 6.07) is 0.317. The largest absolute Gasteiger partial charge is 0.328 e. The third-order valence-corrected chi connectivity index (χ3v) is 0.910. The van der Waals surface area contributed by atoms with Gasteiger partial charge in [-0.15, -0.1) is 0 Å². The van der Waals surface area contributed by atoms with E-state index in [4.69, 9.17) is 5.73 Å². The zero-order valence-corrected chi connectivity index (χ0v) is 5.72. The smallest absolute Gasteiger partial charge is 0.00449 e. The van der Waals surface area contributed by atoms with E-state index in [1.165, 1.54) is 0 Å². The Labute approximate surface area is 51.6 Å². The summed E-state index contributed by atoms with van der Waals surface area (Å²) in [5.74, 6) is 0. The average molecular weight is 113 g/mol. The minimum absolute atomic E-state index is 0.317. The van der Waals surface area contributed by atoms with Crippen LogP contribution in [0.5, 0.6) is 0 Å². The van der Waals surface area contributed by atoms with Crippen molar-refractivity contribution in [2.75, 3.05) is 0 Å². The standard InChI is InChI=1S/C7H15N/c1-3-4-5-6-7(2)8/h4-5,7H,3,6,8H2,1-2H3/b5-4+/t7-/m1/s1. The molecule has 0 spiro atoms. The maximum absolute atomic E-state index is 5.48. The molecule has 0 aliphatic carbocycles. The first-order valence-corrected chi connectivity index (χ1v) is 3.18. The summed E-state index contributed by atoms with van der Waals surface area (Å²) in [6.45, 7) is 4.14. The van der Waals surface area contributed by atoms with E-state index in [-0.39, 0.29) is 0 Å². The fourth-order valence-corrected chi connectivity index (χ4v) is 0.478. The van der Waals surface area contributed by atoms with E-state index < -0.39 is 0 Å². The van der Waals surface area contributed by atoms with Crippen LogP contribution in [0.4, 0.5) is 0 Å². The second kappa shape index (κ2) is 4.85. The van der Waals surface area contributed by atoms with E-state index in [1.807, 2.05) is 6.92 Å². The molecule has 0 bridgehead atoms. The molecule has 1 nitrogen and oxygen atoms in total. The van der Waals surface area contributed by atoms with Gasteiger partial charge < -0.3 is 5.73 Å². The maximum atomic E-state index is 5.48. The zero-order chi connectivity index (χ0) is 6.41. The van der Waals surface area contributed by atoms with Crippen LogP contribution in [0, 0.1) is 0 Å². The lowest BCUT2D eigenvalue weighted by atomic mass is 10.2. The molecule has 0 aromatic heterocycles. The highest BCUT2D eigenvalue weighted by atomic mass is 14.6. The summed E-state index contributed by atoms with van der Waals surface area (Å²) in [6.07, 6.45) is 6.40. The van der Waals surface area contributed by atoms with Crippen molar-refractivity contribution in [3.63, 3.8) is 0 Å². The summed E-state index contributed by atoms with van der Waals surface area (Å²) in [7, 11) is 0. The molecule has 0 rings (SSSR count). The third-order valence-electron chi connectivity index (χ3n) is 0.910. The van der Waals surface area contributed by atoms with Crippen LogP contribution in [0.3, 0.4) is 0 Å². The molecule has 0 aliphatic heterocycles. The highest BCUT2D eigenvalue weighted by Gasteiger charge is 1.84. The minimum atomic E-state index is 0.317. The van der Waals surface area contributed by atoms with Gasteiger partial charge in [0.05, 0.1) is 0 Å². The van der Waals surface area contributed by atoms with Gasteiger partial charge >= 0.3 is 0 Å². The van der Waals surface area contributed by atoms with E-state index in [1.54, 1.807) is 0 Å². The normalized spacial score (nSPS) is 14.9. The van der Waals surface area contributed by atoms with Gasteiger partial charge in [-0.05, 0) is 19.8 Å². The van der Waals surface area contributed by atoms with Crippen molar-refractivity contribution in [3.8, 4) is 0 Å². The fourth-order valence-electron chi connectivity index (χ4n) is 0.478. The molecule has 0 aromatic rings. The SMILES string of the molecule is CC/C=C/C[C@@H](C)N. The van der Waals surface area contributed by atoms with Crippen molar-refractivity contribution in [3.05, 3.63) is 12.2 Å². The predicted octanol–water partition coefficient (Wildman–Crippen LogP) is 1.69. The number of allylic oxidation sites excluding steroid dienone is 1. The van der Waals surface area contributed by atoms with E-state index in [0.29, 0.717) is 6.04 Å². The Morgan fingerprint density at radius 3 is 2.50 bits per heavy atom. The Hall–Kier alpha value is -0.300. The predicted molar refractivity (Wildman–Crippen MR) is 37.7 cm³/mol. The number of hydrogen-bond donors (Lipinski definition) is 1. The minimum Gasteiger partial charge on any atom is -0.328 e. The summed E-state index contributed by atoms with van der Waals surface area (Å²) in [4.78, 5) is 0. The average Bonchev–Trinajstić information content (AvgIpc) is 1.66. The van der Waals surface area contributed by atoms with Gasteiger partial charge in [0.25, 0.3) is 0 Å². The molecule has 0 aromatic carbocycles. The van der Waals surface area contributed by atoms with Crippen LogP contribution >= 0.6 is 0 Å². The van der Waals surface area contributed by atoms with E-state index >= 15 is 0 Å². The van der Waals surface area contributed by atoms with Gasteiger partial charge in [0.15, 0.2) is 0 Å². The highest BCUT2D eigenvalue weighted by molar-refractivity contribution is 4.82. The van der Waals surface area contributed by atoms with E-state index in [2.05, 4.69) is 19.1 Å². The molecule has 1 atom stereocenters. The molecular weight excluding hydrogens is 98.1 g/mol. The second-order valence-electron chi connectivity index (χ2n) is 2.09. The van der Waals surface area contributed by atoms with Crippen LogP contribution in [-0.4, -0.2) is 6.04 Å². The summed E-state index contributed by atoms with van der Waals surface area (Å²) < 4.78 is 0. The molecule has 0 saturated carbocycles. The molecule has 1 heteroatoms. The van der Waals surface area contributed by atoms with Gasteiger partial charge in [-0.2, -0.15) is 0 Å².